The molecule has 18 heavy (non-hydrogen) atoms. The lowest BCUT2D eigenvalue weighted by Gasteiger charge is -2.14. The van der Waals surface area contributed by atoms with E-state index in [1.54, 1.807) is 12.1 Å². The predicted molar refractivity (Wildman–Crippen MR) is 66.2 cm³/mol. The van der Waals surface area contributed by atoms with Crippen molar-refractivity contribution in [2.75, 3.05) is 20.8 Å². The van der Waals surface area contributed by atoms with Crippen LogP contribution in [0.4, 0.5) is 5.69 Å². The van der Waals surface area contributed by atoms with Gasteiger partial charge in [-0.15, -0.1) is 0 Å². The Balaban J connectivity index is 2.49. The summed E-state index contributed by atoms with van der Waals surface area (Å²) < 4.78 is 10.2. The summed E-state index contributed by atoms with van der Waals surface area (Å²) in [6.45, 7) is 0.937. The molecule has 6 nitrogen and oxygen atoms in total. The Morgan fingerprint density at radius 2 is 2.17 bits per heavy atom. The Morgan fingerprint density at radius 3 is 2.67 bits per heavy atom. The highest BCUT2D eigenvalue weighted by Crippen LogP contribution is 2.40. The van der Waals surface area contributed by atoms with Crippen LogP contribution in [0.3, 0.4) is 0 Å². The number of rotatable bonds is 4. The molecule has 0 radical (unpaired) electrons. The Kier molecular flexibility index (Phi) is 3.66. The molecule has 1 fully saturated rings. The van der Waals surface area contributed by atoms with Gasteiger partial charge in [0, 0.05) is 12.1 Å². The van der Waals surface area contributed by atoms with E-state index in [9.17, 15) is 10.1 Å². The molecule has 1 aliphatic rings. The summed E-state index contributed by atoms with van der Waals surface area (Å²) in [6, 6.07) is 3.52. The van der Waals surface area contributed by atoms with Gasteiger partial charge in [-0.05, 0) is 31.0 Å². The number of hydrogen-bond donors (Lipinski definition) is 1. The standard InChI is InChI=1S/C12H16N2O4/c1-17-11-7-8(9-4-3-5-13-9)6-10(14(15)16)12(11)18-2/h6-7,9,13H,3-5H2,1-2H3. The van der Waals surface area contributed by atoms with Crippen LogP contribution in [0.1, 0.15) is 24.4 Å². The lowest BCUT2D eigenvalue weighted by molar-refractivity contribution is -0.385. The molecule has 0 aromatic heterocycles. The second kappa shape index (κ2) is 5.22. The number of nitro groups is 1. The molecule has 0 saturated carbocycles. The van der Waals surface area contributed by atoms with Crippen molar-refractivity contribution in [3.8, 4) is 11.5 Å². The average molecular weight is 252 g/mol. The van der Waals surface area contributed by atoms with Crippen LogP contribution in [-0.4, -0.2) is 25.7 Å². The Hall–Kier alpha value is -1.82. The second-order valence-electron chi connectivity index (χ2n) is 4.18. The van der Waals surface area contributed by atoms with Crippen LogP contribution in [0, 0.1) is 10.1 Å². The first-order valence-electron chi connectivity index (χ1n) is 5.81. The van der Waals surface area contributed by atoms with E-state index < -0.39 is 4.92 Å². The minimum atomic E-state index is -0.445. The van der Waals surface area contributed by atoms with Gasteiger partial charge in [0.2, 0.25) is 5.75 Å². The van der Waals surface area contributed by atoms with Crippen LogP contribution in [-0.2, 0) is 0 Å². The highest BCUT2D eigenvalue weighted by molar-refractivity contribution is 5.58. The Morgan fingerprint density at radius 1 is 1.39 bits per heavy atom. The van der Waals surface area contributed by atoms with Crippen LogP contribution in [0.2, 0.25) is 0 Å². The van der Waals surface area contributed by atoms with E-state index >= 15 is 0 Å². The van der Waals surface area contributed by atoms with E-state index in [1.165, 1.54) is 14.2 Å². The molecule has 1 N–H and O–H groups in total. The first kappa shape index (κ1) is 12.6. The van der Waals surface area contributed by atoms with Crippen molar-refractivity contribution in [1.82, 2.24) is 5.32 Å². The number of hydrogen-bond acceptors (Lipinski definition) is 5. The number of nitro benzene ring substituents is 1. The molecule has 1 aromatic rings. The van der Waals surface area contributed by atoms with E-state index in [-0.39, 0.29) is 17.5 Å². The lowest BCUT2D eigenvalue weighted by atomic mass is 10.0. The third kappa shape index (κ3) is 2.24. The summed E-state index contributed by atoms with van der Waals surface area (Å²) in [5.41, 5.74) is 0.817. The molecular weight excluding hydrogens is 236 g/mol. The highest BCUT2D eigenvalue weighted by atomic mass is 16.6. The molecule has 1 unspecified atom stereocenters. The summed E-state index contributed by atoms with van der Waals surface area (Å²) in [6.07, 6.45) is 2.06. The molecule has 1 aliphatic heterocycles. The monoisotopic (exact) mass is 252 g/mol. The van der Waals surface area contributed by atoms with Crippen molar-refractivity contribution >= 4 is 5.69 Å². The SMILES string of the molecule is COc1cc(C2CCCN2)cc([N+](=O)[O-])c1OC. The summed E-state index contributed by atoms with van der Waals surface area (Å²) in [5.74, 6) is 0.569. The smallest absolute Gasteiger partial charge is 0.315 e. The maximum absolute atomic E-state index is 11.1. The number of nitrogens with one attached hydrogen (secondary N) is 1. The molecular formula is C12H16N2O4. The molecule has 1 atom stereocenters. The van der Waals surface area contributed by atoms with Crippen molar-refractivity contribution in [2.45, 2.75) is 18.9 Å². The normalized spacial score (nSPS) is 18.7. The Labute approximate surface area is 105 Å². The number of nitrogens with zero attached hydrogens (tertiary/aromatic N) is 1. The van der Waals surface area contributed by atoms with Crippen LogP contribution in [0.25, 0.3) is 0 Å². The molecule has 0 spiro atoms. The predicted octanol–water partition coefficient (Wildman–Crippen LogP) is 2.04. The average Bonchev–Trinajstić information content (AvgIpc) is 2.90. The van der Waals surface area contributed by atoms with E-state index in [2.05, 4.69) is 5.32 Å². The topological polar surface area (TPSA) is 73.6 Å². The van der Waals surface area contributed by atoms with Crippen LogP contribution in [0.15, 0.2) is 12.1 Å². The van der Waals surface area contributed by atoms with Gasteiger partial charge in [0.05, 0.1) is 19.1 Å². The van der Waals surface area contributed by atoms with E-state index in [4.69, 9.17) is 9.47 Å². The molecule has 1 saturated heterocycles. The quantitative estimate of drug-likeness (QED) is 0.655. The minimum absolute atomic E-state index is 0.0550. The third-order valence-corrected chi connectivity index (χ3v) is 3.14. The van der Waals surface area contributed by atoms with E-state index in [0.717, 1.165) is 24.9 Å². The van der Waals surface area contributed by atoms with Gasteiger partial charge in [0.25, 0.3) is 0 Å². The van der Waals surface area contributed by atoms with Crippen LogP contribution < -0.4 is 14.8 Å². The number of benzene rings is 1. The van der Waals surface area contributed by atoms with Gasteiger partial charge in [-0.1, -0.05) is 0 Å². The van der Waals surface area contributed by atoms with Gasteiger partial charge in [0.1, 0.15) is 0 Å². The largest absolute Gasteiger partial charge is 0.493 e. The van der Waals surface area contributed by atoms with Crippen molar-refractivity contribution in [3.05, 3.63) is 27.8 Å². The molecule has 0 bridgehead atoms. The highest BCUT2D eigenvalue weighted by Gasteiger charge is 2.25. The molecule has 6 heteroatoms. The molecule has 2 rings (SSSR count). The van der Waals surface area contributed by atoms with Gasteiger partial charge < -0.3 is 14.8 Å². The minimum Gasteiger partial charge on any atom is -0.493 e. The summed E-state index contributed by atoms with van der Waals surface area (Å²) in [5, 5.41) is 14.4. The van der Waals surface area contributed by atoms with Crippen molar-refractivity contribution < 1.29 is 14.4 Å². The van der Waals surface area contributed by atoms with E-state index in [1.807, 2.05) is 0 Å². The van der Waals surface area contributed by atoms with Crippen LogP contribution in [0.5, 0.6) is 11.5 Å². The summed E-state index contributed by atoms with van der Waals surface area (Å²) in [4.78, 5) is 10.6. The van der Waals surface area contributed by atoms with Crippen molar-refractivity contribution in [3.63, 3.8) is 0 Å². The maximum Gasteiger partial charge on any atom is 0.315 e. The summed E-state index contributed by atoms with van der Waals surface area (Å²) >= 11 is 0. The fourth-order valence-electron chi connectivity index (χ4n) is 2.27. The van der Waals surface area contributed by atoms with Gasteiger partial charge >= 0.3 is 5.69 Å². The zero-order chi connectivity index (χ0) is 13.1. The van der Waals surface area contributed by atoms with Crippen LogP contribution >= 0.6 is 0 Å². The summed E-state index contributed by atoms with van der Waals surface area (Å²) in [7, 11) is 2.88. The van der Waals surface area contributed by atoms with Crippen molar-refractivity contribution in [1.29, 1.82) is 0 Å². The zero-order valence-electron chi connectivity index (χ0n) is 10.4. The van der Waals surface area contributed by atoms with Gasteiger partial charge in [-0.2, -0.15) is 0 Å². The molecule has 1 heterocycles. The maximum atomic E-state index is 11.1. The third-order valence-electron chi connectivity index (χ3n) is 3.14. The Bertz CT molecular complexity index is 456. The van der Waals surface area contributed by atoms with Crippen molar-refractivity contribution in [2.24, 2.45) is 0 Å². The van der Waals surface area contributed by atoms with E-state index in [0.29, 0.717) is 5.75 Å². The number of methoxy groups -OCH3 is 2. The second-order valence-corrected chi connectivity index (χ2v) is 4.18. The fourth-order valence-corrected chi connectivity index (χ4v) is 2.27. The molecule has 0 aliphatic carbocycles. The van der Waals surface area contributed by atoms with Gasteiger partial charge in [-0.25, -0.2) is 0 Å². The molecule has 0 amide bonds. The van der Waals surface area contributed by atoms with Gasteiger partial charge in [-0.3, -0.25) is 10.1 Å². The fraction of sp³-hybridized carbons (Fsp3) is 0.500. The number of ether oxygens (including phenoxy) is 2. The first-order valence-corrected chi connectivity index (χ1v) is 5.81. The van der Waals surface area contributed by atoms with Gasteiger partial charge in [0.15, 0.2) is 5.75 Å². The first-order chi connectivity index (χ1) is 8.67. The molecule has 1 aromatic carbocycles. The molecule has 98 valence electrons. The lowest BCUT2D eigenvalue weighted by Crippen LogP contribution is -2.13. The zero-order valence-corrected chi connectivity index (χ0v) is 10.4.